The monoisotopic (exact) mass is 192 g/mol. The van der Waals surface area contributed by atoms with Crippen LogP contribution in [0.25, 0.3) is 0 Å². The zero-order chi connectivity index (χ0) is 9.42. The van der Waals surface area contributed by atoms with E-state index < -0.39 is 0 Å². The van der Waals surface area contributed by atoms with Crippen LogP contribution in [0, 0.1) is 6.92 Å². The molecule has 1 atom stereocenters. The van der Waals surface area contributed by atoms with Crippen molar-refractivity contribution in [3.63, 3.8) is 0 Å². The molecule has 2 heteroatoms. The number of aryl methyl sites for hydroxylation is 1. The lowest BCUT2D eigenvalue weighted by Gasteiger charge is -2.21. The first-order valence-corrected chi connectivity index (χ1v) is 5.36. The fraction of sp³-hybridized carbons (Fsp3) is 0.364. The highest BCUT2D eigenvalue weighted by Crippen LogP contribution is 2.36. The number of thioether (sulfide) groups is 1. The fourth-order valence-electron chi connectivity index (χ4n) is 1.64. The second-order valence-corrected chi connectivity index (χ2v) is 4.96. The number of benzene rings is 1. The van der Waals surface area contributed by atoms with Crippen LogP contribution in [0.4, 0.5) is 0 Å². The van der Waals surface area contributed by atoms with E-state index in [4.69, 9.17) is 0 Å². The molecule has 0 fully saturated rings. The maximum atomic E-state index is 11.6. The first-order valence-electron chi connectivity index (χ1n) is 4.48. The fourth-order valence-corrected chi connectivity index (χ4v) is 2.84. The quantitative estimate of drug-likeness (QED) is 0.628. The summed E-state index contributed by atoms with van der Waals surface area (Å²) in [7, 11) is 0. The molecule has 0 aromatic heterocycles. The molecule has 0 unspecified atom stereocenters. The number of carbonyl (C=O) groups is 1. The molecule has 1 aliphatic heterocycles. The normalized spacial score (nSPS) is 21.4. The molecule has 0 bridgehead atoms. The first-order chi connectivity index (χ1) is 6.18. The van der Waals surface area contributed by atoms with E-state index in [0.29, 0.717) is 17.5 Å². The number of hydrogen-bond acceptors (Lipinski definition) is 2. The summed E-state index contributed by atoms with van der Waals surface area (Å²) in [5.41, 5.74) is 2.14. The van der Waals surface area contributed by atoms with Crippen LogP contribution in [0.3, 0.4) is 0 Å². The summed E-state index contributed by atoms with van der Waals surface area (Å²) in [6.07, 6.45) is 0.682. The lowest BCUT2D eigenvalue weighted by atomic mass is 10.0. The van der Waals surface area contributed by atoms with Gasteiger partial charge in [-0.05, 0) is 12.5 Å². The summed E-state index contributed by atoms with van der Waals surface area (Å²) in [5, 5.41) is 0.432. The van der Waals surface area contributed by atoms with E-state index >= 15 is 0 Å². The molecule has 1 nitrogen and oxygen atoms in total. The Balaban J connectivity index is 2.55. The molecule has 0 aliphatic carbocycles. The van der Waals surface area contributed by atoms with Gasteiger partial charge in [-0.3, -0.25) is 4.79 Å². The second kappa shape index (κ2) is 3.18. The summed E-state index contributed by atoms with van der Waals surface area (Å²) in [5.74, 6) is 0.296. The van der Waals surface area contributed by atoms with Crippen LogP contribution in [0.2, 0.25) is 0 Å². The van der Waals surface area contributed by atoms with Gasteiger partial charge in [0.15, 0.2) is 5.78 Å². The molecule has 0 amide bonds. The van der Waals surface area contributed by atoms with E-state index in [-0.39, 0.29) is 0 Å². The predicted molar refractivity (Wildman–Crippen MR) is 55.4 cm³/mol. The third kappa shape index (κ3) is 1.51. The van der Waals surface area contributed by atoms with Crippen LogP contribution < -0.4 is 0 Å². The minimum Gasteiger partial charge on any atom is -0.294 e. The average Bonchev–Trinajstić information content (AvgIpc) is 2.07. The topological polar surface area (TPSA) is 17.1 Å². The Morgan fingerprint density at radius 1 is 1.46 bits per heavy atom. The number of fused-ring (bicyclic) bond motifs is 1. The van der Waals surface area contributed by atoms with Gasteiger partial charge >= 0.3 is 0 Å². The molecular weight excluding hydrogens is 180 g/mol. The molecule has 0 spiro atoms. The Morgan fingerprint density at radius 3 is 3.00 bits per heavy atom. The molecule has 1 heterocycles. The molecule has 0 saturated heterocycles. The van der Waals surface area contributed by atoms with E-state index in [1.54, 1.807) is 0 Å². The van der Waals surface area contributed by atoms with Gasteiger partial charge in [-0.15, -0.1) is 11.8 Å². The van der Waals surface area contributed by atoms with Crippen LogP contribution in [-0.4, -0.2) is 11.0 Å². The molecular formula is C11H12OS. The average molecular weight is 192 g/mol. The van der Waals surface area contributed by atoms with Gasteiger partial charge in [-0.1, -0.05) is 25.1 Å². The van der Waals surface area contributed by atoms with Crippen molar-refractivity contribution in [3.8, 4) is 0 Å². The zero-order valence-corrected chi connectivity index (χ0v) is 8.65. The molecule has 0 radical (unpaired) electrons. The molecule has 0 N–H and O–H groups in total. The standard InChI is InChI=1S/C11H12OS/c1-7-4-3-5-9-10(12)6-8(2)13-11(7)9/h3-5,8H,6H2,1-2H3/t8-/m0/s1. The van der Waals surface area contributed by atoms with Crippen LogP contribution in [0.15, 0.2) is 23.1 Å². The Labute approximate surface area is 82.5 Å². The Hall–Kier alpha value is -0.760. The van der Waals surface area contributed by atoms with E-state index in [2.05, 4.69) is 19.9 Å². The van der Waals surface area contributed by atoms with E-state index in [1.807, 2.05) is 23.9 Å². The number of rotatable bonds is 0. The lowest BCUT2D eigenvalue weighted by molar-refractivity contribution is 0.0978. The van der Waals surface area contributed by atoms with Crippen LogP contribution in [0.1, 0.15) is 29.3 Å². The molecule has 1 aliphatic rings. The van der Waals surface area contributed by atoms with Crippen LogP contribution in [-0.2, 0) is 0 Å². The van der Waals surface area contributed by atoms with Gasteiger partial charge in [0.25, 0.3) is 0 Å². The van der Waals surface area contributed by atoms with Crippen molar-refractivity contribution < 1.29 is 4.79 Å². The molecule has 68 valence electrons. The van der Waals surface area contributed by atoms with Crippen molar-refractivity contribution >= 4 is 17.5 Å². The highest BCUT2D eigenvalue weighted by molar-refractivity contribution is 8.00. The molecule has 1 aromatic rings. The van der Waals surface area contributed by atoms with Gasteiger partial charge in [0.05, 0.1) is 0 Å². The summed E-state index contributed by atoms with van der Waals surface area (Å²) in [4.78, 5) is 12.8. The van der Waals surface area contributed by atoms with Crippen molar-refractivity contribution in [2.45, 2.75) is 30.4 Å². The number of carbonyl (C=O) groups excluding carboxylic acids is 1. The summed E-state index contributed by atoms with van der Waals surface area (Å²) in [6, 6.07) is 5.96. The van der Waals surface area contributed by atoms with Gasteiger partial charge < -0.3 is 0 Å². The van der Waals surface area contributed by atoms with Crippen molar-refractivity contribution in [2.24, 2.45) is 0 Å². The Bertz CT molecular complexity index is 357. The molecule has 2 rings (SSSR count). The highest BCUT2D eigenvalue weighted by Gasteiger charge is 2.23. The van der Waals surface area contributed by atoms with Crippen molar-refractivity contribution in [2.75, 3.05) is 0 Å². The highest BCUT2D eigenvalue weighted by atomic mass is 32.2. The van der Waals surface area contributed by atoms with E-state index in [9.17, 15) is 4.79 Å². The van der Waals surface area contributed by atoms with Crippen molar-refractivity contribution in [1.82, 2.24) is 0 Å². The summed E-state index contributed by atoms with van der Waals surface area (Å²) in [6.45, 7) is 4.18. The smallest absolute Gasteiger partial charge is 0.165 e. The van der Waals surface area contributed by atoms with E-state index in [1.165, 1.54) is 10.5 Å². The van der Waals surface area contributed by atoms with Crippen LogP contribution in [0.5, 0.6) is 0 Å². The molecule has 0 saturated carbocycles. The maximum absolute atomic E-state index is 11.6. The number of hydrogen-bond donors (Lipinski definition) is 0. The largest absolute Gasteiger partial charge is 0.294 e. The summed E-state index contributed by atoms with van der Waals surface area (Å²) >= 11 is 1.82. The predicted octanol–water partition coefficient (Wildman–Crippen LogP) is 3.06. The number of ketones is 1. The SMILES string of the molecule is Cc1cccc2c1S[C@@H](C)CC2=O. The maximum Gasteiger partial charge on any atom is 0.165 e. The Morgan fingerprint density at radius 2 is 2.23 bits per heavy atom. The van der Waals surface area contributed by atoms with Gasteiger partial charge in [0, 0.05) is 22.1 Å². The summed E-state index contributed by atoms with van der Waals surface area (Å²) < 4.78 is 0. The van der Waals surface area contributed by atoms with Gasteiger partial charge in [0.2, 0.25) is 0 Å². The Kier molecular flexibility index (Phi) is 2.16. The van der Waals surface area contributed by atoms with E-state index in [0.717, 1.165) is 5.56 Å². The van der Waals surface area contributed by atoms with Gasteiger partial charge in [-0.2, -0.15) is 0 Å². The van der Waals surface area contributed by atoms with Crippen LogP contribution >= 0.6 is 11.8 Å². The first kappa shape index (κ1) is 8.82. The minimum atomic E-state index is 0.296. The molecule has 1 aromatic carbocycles. The number of Topliss-reactive ketones (excluding diaryl/α,β-unsaturated/α-hetero) is 1. The van der Waals surface area contributed by atoms with Gasteiger partial charge in [0.1, 0.15) is 0 Å². The van der Waals surface area contributed by atoms with Gasteiger partial charge in [-0.25, -0.2) is 0 Å². The third-order valence-electron chi connectivity index (χ3n) is 2.30. The minimum absolute atomic E-state index is 0.296. The molecule has 13 heavy (non-hydrogen) atoms. The zero-order valence-electron chi connectivity index (χ0n) is 7.83. The van der Waals surface area contributed by atoms with Crippen molar-refractivity contribution in [1.29, 1.82) is 0 Å². The second-order valence-electron chi connectivity index (χ2n) is 3.51. The van der Waals surface area contributed by atoms with Crippen molar-refractivity contribution in [3.05, 3.63) is 29.3 Å². The lowest BCUT2D eigenvalue weighted by Crippen LogP contribution is -2.15. The third-order valence-corrected chi connectivity index (χ3v) is 3.65.